The number of alkyl halides is 1. The second kappa shape index (κ2) is 3.80. The second-order valence-electron chi connectivity index (χ2n) is 2.95. The highest BCUT2D eigenvalue weighted by molar-refractivity contribution is 6.22. The summed E-state index contributed by atoms with van der Waals surface area (Å²) in [7, 11) is 0. The molecule has 14 heavy (non-hydrogen) atoms. The van der Waals surface area contributed by atoms with Gasteiger partial charge in [-0.2, -0.15) is 4.98 Å². The van der Waals surface area contributed by atoms with Crippen molar-refractivity contribution in [3.63, 3.8) is 0 Å². The van der Waals surface area contributed by atoms with Crippen molar-refractivity contribution in [2.45, 2.75) is 12.3 Å². The van der Waals surface area contributed by atoms with Crippen LogP contribution in [0.25, 0.3) is 0 Å². The van der Waals surface area contributed by atoms with E-state index < -0.39 is 0 Å². The van der Waals surface area contributed by atoms with Crippen LogP contribution in [0, 0.1) is 6.92 Å². The fraction of sp³-hybridized carbons (Fsp3) is 0.200. The SMILES string of the molecule is Cc1noc([C@H](Cl)c2ccccc2)n1. The van der Waals surface area contributed by atoms with E-state index in [-0.39, 0.29) is 5.38 Å². The number of aromatic nitrogens is 2. The Morgan fingerprint density at radius 3 is 2.57 bits per heavy atom. The van der Waals surface area contributed by atoms with Gasteiger partial charge in [0.15, 0.2) is 5.82 Å². The van der Waals surface area contributed by atoms with Crippen LogP contribution in [0.5, 0.6) is 0 Å². The maximum Gasteiger partial charge on any atom is 0.249 e. The Kier molecular flexibility index (Phi) is 2.50. The van der Waals surface area contributed by atoms with Crippen molar-refractivity contribution in [1.82, 2.24) is 10.1 Å². The molecule has 0 aliphatic carbocycles. The summed E-state index contributed by atoms with van der Waals surface area (Å²) < 4.78 is 4.99. The molecule has 0 saturated heterocycles. The zero-order valence-corrected chi connectivity index (χ0v) is 8.40. The van der Waals surface area contributed by atoms with Gasteiger partial charge in [-0.3, -0.25) is 0 Å². The summed E-state index contributed by atoms with van der Waals surface area (Å²) in [6.07, 6.45) is 0. The van der Waals surface area contributed by atoms with Gasteiger partial charge in [0, 0.05) is 0 Å². The van der Waals surface area contributed by atoms with Crippen molar-refractivity contribution in [2.24, 2.45) is 0 Å². The molecule has 0 spiro atoms. The molecule has 1 heterocycles. The summed E-state index contributed by atoms with van der Waals surface area (Å²) in [4.78, 5) is 4.08. The van der Waals surface area contributed by atoms with Gasteiger partial charge in [-0.1, -0.05) is 35.5 Å². The third kappa shape index (κ3) is 1.77. The average molecular weight is 209 g/mol. The number of hydrogen-bond donors (Lipinski definition) is 0. The number of halogens is 1. The van der Waals surface area contributed by atoms with Crippen molar-refractivity contribution < 1.29 is 4.52 Å². The highest BCUT2D eigenvalue weighted by atomic mass is 35.5. The lowest BCUT2D eigenvalue weighted by Gasteiger charge is -2.02. The van der Waals surface area contributed by atoms with Crippen LogP contribution < -0.4 is 0 Å². The fourth-order valence-corrected chi connectivity index (χ4v) is 1.41. The van der Waals surface area contributed by atoms with Gasteiger partial charge in [0.25, 0.3) is 0 Å². The Balaban J connectivity index is 2.29. The lowest BCUT2D eigenvalue weighted by atomic mass is 10.1. The van der Waals surface area contributed by atoms with Gasteiger partial charge < -0.3 is 4.52 Å². The van der Waals surface area contributed by atoms with Gasteiger partial charge in [0.2, 0.25) is 5.89 Å². The highest BCUT2D eigenvalue weighted by Crippen LogP contribution is 2.26. The van der Waals surface area contributed by atoms with E-state index in [1.54, 1.807) is 6.92 Å². The molecule has 0 aliphatic heterocycles. The molecule has 0 N–H and O–H groups in total. The van der Waals surface area contributed by atoms with Crippen LogP contribution >= 0.6 is 11.6 Å². The van der Waals surface area contributed by atoms with Crippen molar-refractivity contribution >= 4 is 11.6 Å². The lowest BCUT2D eigenvalue weighted by molar-refractivity contribution is 0.378. The molecule has 0 unspecified atom stereocenters. The van der Waals surface area contributed by atoms with Crippen LogP contribution in [-0.4, -0.2) is 10.1 Å². The molecule has 0 bridgehead atoms. The smallest absolute Gasteiger partial charge is 0.249 e. The number of benzene rings is 1. The molecule has 1 aromatic heterocycles. The van der Waals surface area contributed by atoms with Crippen molar-refractivity contribution in [3.05, 3.63) is 47.6 Å². The Labute approximate surface area is 86.7 Å². The lowest BCUT2D eigenvalue weighted by Crippen LogP contribution is -1.92. The summed E-state index contributed by atoms with van der Waals surface area (Å²) in [6.45, 7) is 1.77. The zero-order valence-electron chi connectivity index (χ0n) is 7.64. The standard InChI is InChI=1S/C10H9ClN2O/c1-7-12-10(14-13-7)9(11)8-5-3-2-4-6-8/h2-6,9H,1H3/t9-/m1/s1. The predicted octanol–water partition coefficient (Wildman–Crippen LogP) is 2.71. The van der Waals surface area contributed by atoms with Gasteiger partial charge in [0.1, 0.15) is 5.38 Å². The molecule has 0 radical (unpaired) electrons. The van der Waals surface area contributed by atoms with Crippen LogP contribution in [0.4, 0.5) is 0 Å². The maximum atomic E-state index is 6.15. The van der Waals surface area contributed by atoms with E-state index in [4.69, 9.17) is 16.1 Å². The molecule has 4 heteroatoms. The molecule has 0 amide bonds. The van der Waals surface area contributed by atoms with Gasteiger partial charge in [-0.15, -0.1) is 11.6 Å². The Morgan fingerprint density at radius 2 is 2.00 bits per heavy atom. The summed E-state index contributed by atoms with van der Waals surface area (Å²) >= 11 is 6.15. The summed E-state index contributed by atoms with van der Waals surface area (Å²) in [5.41, 5.74) is 0.956. The maximum absolute atomic E-state index is 6.15. The van der Waals surface area contributed by atoms with E-state index in [9.17, 15) is 0 Å². The monoisotopic (exact) mass is 208 g/mol. The highest BCUT2D eigenvalue weighted by Gasteiger charge is 2.16. The molecule has 72 valence electrons. The zero-order chi connectivity index (χ0) is 9.97. The molecule has 2 aromatic rings. The van der Waals surface area contributed by atoms with Gasteiger partial charge in [-0.25, -0.2) is 0 Å². The molecule has 0 aliphatic rings. The average Bonchev–Trinajstić information content (AvgIpc) is 2.65. The molecule has 2 rings (SSSR count). The number of rotatable bonds is 2. The fourth-order valence-electron chi connectivity index (χ4n) is 1.18. The predicted molar refractivity (Wildman–Crippen MR) is 53.2 cm³/mol. The molecule has 1 aromatic carbocycles. The van der Waals surface area contributed by atoms with Crippen LogP contribution in [0.2, 0.25) is 0 Å². The van der Waals surface area contributed by atoms with E-state index in [0.29, 0.717) is 11.7 Å². The Morgan fingerprint density at radius 1 is 1.29 bits per heavy atom. The van der Waals surface area contributed by atoms with Crippen LogP contribution in [-0.2, 0) is 0 Å². The van der Waals surface area contributed by atoms with Gasteiger partial charge in [-0.05, 0) is 12.5 Å². The molecular formula is C10H9ClN2O. The first-order chi connectivity index (χ1) is 6.77. The quantitative estimate of drug-likeness (QED) is 0.713. The number of aryl methyl sites for hydroxylation is 1. The van der Waals surface area contributed by atoms with Crippen LogP contribution in [0.1, 0.15) is 22.7 Å². The van der Waals surface area contributed by atoms with Crippen LogP contribution in [0.15, 0.2) is 34.9 Å². The van der Waals surface area contributed by atoms with E-state index in [2.05, 4.69) is 10.1 Å². The Hall–Kier alpha value is -1.35. The largest absolute Gasteiger partial charge is 0.337 e. The first-order valence-electron chi connectivity index (χ1n) is 4.26. The Bertz CT molecular complexity index is 413. The van der Waals surface area contributed by atoms with E-state index in [0.717, 1.165) is 5.56 Å². The van der Waals surface area contributed by atoms with Crippen molar-refractivity contribution in [2.75, 3.05) is 0 Å². The van der Waals surface area contributed by atoms with Crippen molar-refractivity contribution in [1.29, 1.82) is 0 Å². The third-order valence-corrected chi connectivity index (χ3v) is 2.29. The molecular weight excluding hydrogens is 200 g/mol. The van der Waals surface area contributed by atoms with E-state index >= 15 is 0 Å². The molecule has 0 saturated carbocycles. The summed E-state index contributed by atoms with van der Waals surface area (Å²) in [5.74, 6) is 1.04. The third-order valence-electron chi connectivity index (χ3n) is 1.85. The number of nitrogens with zero attached hydrogens (tertiary/aromatic N) is 2. The topological polar surface area (TPSA) is 38.9 Å². The first kappa shape index (κ1) is 9.21. The minimum Gasteiger partial charge on any atom is -0.337 e. The summed E-state index contributed by atoms with van der Waals surface area (Å²) in [5, 5.41) is 3.33. The normalized spacial score (nSPS) is 12.7. The summed E-state index contributed by atoms with van der Waals surface area (Å²) in [6, 6.07) is 9.64. The van der Waals surface area contributed by atoms with Crippen molar-refractivity contribution in [3.8, 4) is 0 Å². The van der Waals surface area contributed by atoms with E-state index in [1.165, 1.54) is 0 Å². The second-order valence-corrected chi connectivity index (χ2v) is 3.39. The van der Waals surface area contributed by atoms with Gasteiger partial charge >= 0.3 is 0 Å². The van der Waals surface area contributed by atoms with E-state index in [1.807, 2.05) is 30.3 Å². The first-order valence-corrected chi connectivity index (χ1v) is 4.70. The minimum absolute atomic E-state index is 0.364. The minimum atomic E-state index is -0.364. The number of hydrogen-bond acceptors (Lipinski definition) is 3. The molecule has 3 nitrogen and oxygen atoms in total. The molecule has 1 atom stereocenters. The van der Waals surface area contributed by atoms with Crippen LogP contribution in [0.3, 0.4) is 0 Å². The molecule has 0 fully saturated rings. The van der Waals surface area contributed by atoms with Gasteiger partial charge in [0.05, 0.1) is 0 Å².